The molecule has 5 nitrogen and oxygen atoms in total. The van der Waals surface area contributed by atoms with E-state index >= 15 is 0 Å². The van der Waals surface area contributed by atoms with Crippen molar-refractivity contribution >= 4 is 18.5 Å². The van der Waals surface area contributed by atoms with Gasteiger partial charge in [-0.25, -0.2) is 0 Å². The molecular formula is C31H32N2O3S. The predicted molar refractivity (Wildman–Crippen MR) is 150 cm³/mol. The Bertz CT molecular complexity index is 1240. The second-order valence-electron chi connectivity index (χ2n) is 9.02. The Balaban J connectivity index is 1.47. The standard InChI is InChI=1S/C31H32N2O3S/c32-31(35)26-14-17-29(30(37)20-26)36-19-7-18-33(21-23-12-15-27(34)16-13-23)22-28(24-8-3-1-4-9-24)25-10-5-2-6-11-25/h1-6,8-17,20,28,34,37H,7,18-19,21-22H2,(H2,32,35). The number of rotatable bonds is 12. The monoisotopic (exact) mass is 512 g/mol. The summed E-state index contributed by atoms with van der Waals surface area (Å²) in [7, 11) is 0. The van der Waals surface area contributed by atoms with Crippen LogP contribution in [0, 0.1) is 0 Å². The molecular weight excluding hydrogens is 480 g/mol. The lowest BCUT2D eigenvalue weighted by Crippen LogP contribution is -2.30. The SMILES string of the molecule is NC(=O)c1ccc(OCCCN(Cc2ccc(O)cc2)CC(c2ccccc2)c2ccccc2)c(S)c1. The number of carbonyl (C=O) groups excluding carboxylic acids is 1. The van der Waals surface area contributed by atoms with Gasteiger partial charge in [0.05, 0.1) is 6.61 Å². The van der Waals surface area contributed by atoms with Crippen molar-refractivity contribution in [3.63, 3.8) is 0 Å². The predicted octanol–water partition coefficient (Wildman–Crippen LogP) is 5.88. The largest absolute Gasteiger partial charge is 0.508 e. The highest BCUT2D eigenvalue weighted by Crippen LogP contribution is 2.27. The van der Waals surface area contributed by atoms with Gasteiger partial charge < -0.3 is 15.6 Å². The minimum atomic E-state index is -0.488. The molecule has 4 aromatic rings. The highest BCUT2D eigenvalue weighted by molar-refractivity contribution is 7.80. The van der Waals surface area contributed by atoms with Gasteiger partial charge in [0, 0.05) is 36.0 Å². The summed E-state index contributed by atoms with van der Waals surface area (Å²) in [4.78, 5) is 14.4. The van der Waals surface area contributed by atoms with E-state index in [9.17, 15) is 9.90 Å². The van der Waals surface area contributed by atoms with Gasteiger partial charge in [-0.05, 0) is 53.4 Å². The van der Waals surface area contributed by atoms with E-state index in [1.165, 1.54) is 11.1 Å². The molecule has 0 aliphatic rings. The van der Waals surface area contributed by atoms with Crippen LogP contribution in [0.25, 0.3) is 0 Å². The van der Waals surface area contributed by atoms with Crippen LogP contribution in [0.4, 0.5) is 0 Å². The average Bonchev–Trinajstić information content (AvgIpc) is 2.92. The summed E-state index contributed by atoms with van der Waals surface area (Å²) in [5.74, 6) is 0.619. The number of hydrogen-bond acceptors (Lipinski definition) is 5. The van der Waals surface area contributed by atoms with Gasteiger partial charge in [-0.3, -0.25) is 9.69 Å². The molecule has 0 bridgehead atoms. The van der Waals surface area contributed by atoms with Crippen molar-refractivity contribution < 1.29 is 14.6 Å². The van der Waals surface area contributed by atoms with Crippen molar-refractivity contribution in [3.8, 4) is 11.5 Å². The second-order valence-corrected chi connectivity index (χ2v) is 9.51. The summed E-state index contributed by atoms with van der Waals surface area (Å²) in [5.41, 5.74) is 9.44. The van der Waals surface area contributed by atoms with Crippen LogP contribution in [0.1, 0.15) is 39.4 Å². The number of benzene rings is 4. The van der Waals surface area contributed by atoms with Gasteiger partial charge in [0.15, 0.2) is 0 Å². The third-order valence-corrected chi connectivity index (χ3v) is 6.66. The first-order valence-corrected chi connectivity index (χ1v) is 12.8. The van der Waals surface area contributed by atoms with Crippen LogP contribution in [-0.4, -0.2) is 35.6 Å². The summed E-state index contributed by atoms with van der Waals surface area (Å²) in [6.07, 6.45) is 0.805. The Morgan fingerprint density at radius 3 is 2.08 bits per heavy atom. The van der Waals surface area contributed by atoms with E-state index in [2.05, 4.69) is 66.1 Å². The highest BCUT2D eigenvalue weighted by atomic mass is 32.1. The van der Waals surface area contributed by atoms with Gasteiger partial charge in [0.2, 0.25) is 5.91 Å². The molecule has 0 saturated carbocycles. The number of hydrogen-bond donors (Lipinski definition) is 3. The van der Waals surface area contributed by atoms with E-state index in [1.807, 2.05) is 24.3 Å². The van der Waals surface area contributed by atoms with E-state index in [0.29, 0.717) is 22.8 Å². The van der Waals surface area contributed by atoms with Crippen LogP contribution >= 0.6 is 12.6 Å². The number of carbonyl (C=O) groups is 1. The molecule has 0 saturated heterocycles. The van der Waals surface area contributed by atoms with E-state index in [-0.39, 0.29) is 11.7 Å². The Kier molecular flexibility index (Phi) is 9.24. The Morgan fingerprint density at radius 1 is 0.892 bits per heavy atom. The molecule has 1 amide bonds. The molecule has 4 rings (SSSR count). The fraction of sp³-hybridized carbons (Fsp3) is 0.194. The summed E-state index contributed by atoms with van der Waals surface area (Å²) >= 11 is 4.44. The fourth-order valence-corrected chi connectivity index (χ4v) is 4.67. The number of primary amides is 1. The number of phenolic OH excluding ortho intramolecular Hbond substituents is 1. The fourth-order valence-electron chi connectivity index (χ4n) is 4.39. The molecule has 0 aliphatic carbocycles. The lowest BCUT2D eigenvalue weighted by Gasteiger charge is -2.28. The zero-order valence-corrected chi connectivity index (χ0v) is 21.6. The van der Waals surface area contributed by atoms with Gasteiger partial charge in [0.25, 0.3) is 0 Å². The van der Waals surface area contributed by atoms with Gasteiger partial charge in [0.1, 0.15) is 11.5 Å². The molecule has 0 aromatic heterocycles. The molecule has 6 heteroatoms. The van der Waals surface area contributed by atoms with Crippen molar-refractivity contribution in [3.05, 3.63) is 125 Å². The minimum absolute atomic E-state index is 0.214. The Hall–Kier alpha value is -3.74. The average molecular weight is 513 g/mol. The van der Waals surface area contributed by atoms with Crippen LogP contribution in [-0.2, 0) is 6.54 Å². The van der Waals surface area contributed by atoms with Crippen molar-refractivity contribution in [1.29, 1.82) is 0 Å². The van der Waals surface area contributed by atoms with Gasteiger partial charge in [-0.1, -0.05) is 72.8 Å². The first-order valence-electron chi connectivity index (χ1n) is 12.4. The zero-order chi connectivity index (χ0) is 26.0. The van der Waals surface area contributed by atoms with Crippen LogP contribution in [0.15, 0.2) is 108 Å². The molecule has 190 valence electrons. The quantitative estimate of drug-likeness (QED) is 0.164. The van der Waals surface area contributed by atoms with Gasteiger partial charge in [-0.2, -0.15) is 0 Å². The molecule has 37 heavy (non-hydrogen) atoms. The number of ether oxygens (including phenoxy) is 1. The normalized spacial score (nSPS) is 11.1. The molecule has 0 heterocycles. The topological polar surface area (TPSA) is 75.8 Å². The lowest BCUT2D eigenvalue weighted by molar-refractivity contribution is 0.1000. The molecule has 4 aromatic carbocycles. The number of aromatic hydroxyl groups is 1. The molecule has 0 atom stereocenters. The lowest BCUT2D eigenvalue weighted by atomic mass is 9.90. The van der Waals surface area contributed by atoms with Crippen molar-refractivity contribution in [2.75, 3.05) is 19.7 Å². The molecule has 0 fully saturated rings. The second kappa shape index (κ2) is 13.0. The smallest absolute Gasteiger partial charge is 0.248 e. The van der Waals surface area contributed by atoms with E-state index in [1.54, 1.807) is 30.3 Å². The summed E-state index contributed by atoms with van der Waals surface area (Å²) < 4.78 is 5.97. The third kappa shape index (κ3) is 7.62. The van der Waals surface area contributed by atoms with Crippen molar-refractivity contribution in [2.45, 2.75) is 23.8 Å². The minimum Gasteiger partial charge on any atom is -0.508 e. The number of nitrogens with zero attached hydrogens (tertiary/aromatic N) is 1. The highest BCUT2D eigenvalue weighted by Gasteiger charge is 2.19. The Labute approximate surface area is 223 Å². The summed E-state index contributed by atoms with van der Waals surface area (Å²) in [6.45, 7) is 2.91. The molecule has 0 unspecified atom stereocenters. The molecule has 0 radical (unpaired) electrons. The molecule has 0 spiro atoms. The Morgan fingerprint density at radius 2 is 1.51 bits per heavy atom. The maximum absolute atomic E-state index is 11.4. The van der Waals surface area contributed by atoms with Crippen LogP contribution in [0.2, 0.25) is 0 Å². The number of thiol groups is 1. The maximum Gasteiger partial charge on any atom is 0.248 e. The van der Waals surface area contributed by atoms with Crippen molar-refractivity contribution in [1.82, 2.24) is 4.90 Å². The third-order valence-electron chi connectivity index (χ3n) is 6.31. The maximum atomic E-state index is 11.4. The van der Waals surface area contributed by atoms with E-state index in [0.717, 1.165) is 31.6 Å². The van der Waals surface area contributed by atoms with Crippen LogP contribution in [0.3, 0.4) is 0 Å². The van der Waals surface area contributed by atoms with E-state index in [4.69, 9.17) is 10.5 Å². The van der Waals surface area contributed by atoms with Gasteiger partial charge in [-0.15, -0.1) is 12.6 Å². The summed E-state index contributed by atoms with van der Waals surface area (Å²) in [6, 6.07) is 33.6. The number of nitrogens with two attached hydrogens (primary N) is 1. The number of amides is 1. The van der Waals surface area contributed by atoms with Crippen LogP contribution < -0.4 is 10.5 Å². The van der Waals surface area contributed by atoms with Crippen molar-refractivity contribution in [2.24, 2.45) is 5.73 Å². The first-order chi connectivity index (χ1) is 18.0. The van der Waals surface area contributed by atoms with Crippen LogP contribution in [0.5, 0.6) is 11.5 Å². The number of phenols is 1. The molecule has 0 aliphatic heterocycles. The molecule has 3 N–H and O–H groups in total. The summed E-state index contributed by atoms with van der Waals surface area (Å²) in [5, 5.41) is 9.72. The zero-order valence-electron chi connectivity index (χ0n) is 20.7. The van der Waals surface area contributed by atoms with Gasteiger partial charge >= 0.3 is 0 Å². The first kappa shape index (κ1) is 26.3. The van der Waals surface area contributed by atoms with E-state index < -0.39 is 5.91 Å².